The van der Waals surface area contributed by atoms with E-state index in [-0.39, 0.29) is 19.0 Å². The van der Waals surface area contributed by atoms with Crippen LogP contribution in [0.3, 0.4) is 0 Å². The van der Waals surface area contributed by atoms with E-state index in [0.29, 0.717) is 0 Å². The van der Waals surface area contributed by atoms with E-state index in [1.54, 1.807) is 13.8 Å². The molecule has 0 saturated carbocycles. The Morgan fingerprint density at radius 2 is 1.06 bits per heavy atom. The molecule has 0 saturated heterocycles. The highest BCUT2D eigenvalue weighted by atomic mass is 16.4. The molecule has 8 nitrogen and oxygen atoms in total. The summed E-state index contributed by atoms with van der Waals surface area (Å²) in [6.45, 7) is 17.1. The highest BCUT2D eigenvalue weighted by Gasteiger charge is 2.27. The molecule has 0 aliphatic heterocycles. The van der Waals surface area contributed by atoms with Crippen LogP contribution < -0.4 is 5.11 Å². The molecule has 0 fully saturated rings. The predicted molar refractivity (Wildman–Crippen MR) is 141 cm³/mol. The van der Waals surface area contributed by atoms with Gasteiger partial charge in [0.1, 0.15) is 0 Å². The minimum atomic E-state index is -1.32. The third-order valence-corrected chi connectivity index (χ3v) is 6.52. The van der Waals surface area contributed by atoms with Gasteiger partial charge in [0, 0.05) is 13.1 Å². The molecule has 0 aliphatic carbocycles. The van der Waals surface area contributed by atoms with Crippen molar-refractivity contribution in [3.63, 3.8) is 0 Å². The van der Waals surface area contributed by atoms with E-state index >= 15 is 0 Å². The SMILES string of the molecule is CC(C)C(C(=O)[O-])N(CC(O)CO)CC(O)CO.CCCC[N+](CCCC)(CCCC)CCCC. The molecule has 0 aromatic heterocycles. The molecular weight excluding hydrogens is 448 g/mol. The number of hydrogen-bond donors (Lipinski definition) is 4. The molecule has 3 atom stereocenters. The molecule has 3 unspecified atom stereocenters. The van der Waals surface area contributed by atoms with Gasteiger partial charge in [-0.2, -0.15) is 0 Å². The van der Waals surface area contributed by atoms with Gasteiger partial charge < -0.3 is 34.8 Å². The van der Waals surface area contributed by atoms with E-state index < -0.39 is 37.4 Å². The predicted octanol–water partition coefficient (Wildman–Crippen LogP) is 1.77. The van der Waals surface area contributed by atoms with E-state index in [1.165, 1.54) is 86.9 Å². The number of carbonyl (C=O) groups excluding carboxylic acids is 1. The van der Waals surface area contributed by atoms with Gasteiger partial charge in [0.2, 0.25) is 0 Å². The molecular formula is C27H58N2O6. The van der Waals surface area contributed by atoms with Gasteiger partial charge >= 0.3 is 0 Å². The summed E-state index contributed by atoms with van der Waals surface area (Å²) in [4.78, 5) is 12.4. The lowest BCUT2D eigenvalue weighted by Gasteiger charge is -2.39. The van der Waals surface area contributed by atoms with Crippen LogP contribution in [0.25, 0.3) is 0 Å². The lowest BCUT2D eigenvalue weighted by atomic mass is 10.0. The topological polar surface area (TPSA) is 124 Å². The summed E-state index contributed by atoms with van der Waals surface area (Å²) in [5, 5.41) is 47.4. The van der Waals surface area contributed by atoms with Crippen LogP contribution in [0, 0.1) is 5.92 Å². The molecule has 0 aromatic carbocycles. The summed E-state index contributed by atoms with van der Waals surface area (Å²) in [7, 11) is 0. The smallest absolute Gasteiger partial charge is 0.0897 e. The number of carbonyl (C=O) groups is 1. The molecule has 4 N–H and O–H groups in total. The van der Waals surface area contributed by atoms with E-state index in [9.17, 15) is 20.1 Å². The second-order valence-corrected chi connectivity index (χ2v) is 10.3. The Bertz CT molecular complexity index is 443. The van der Waals surface area contributed by atoms with Crippen LogP contribution in [0.4, 0.5) is 0 Å². The van der Waals surface area contributed by atoms with Crippen LogP contribution in [-0.2, 0) is 4.79 Å². The van der Waals surface area contributed by atoms with Crippen molar-refractivity contribution in [2.24, 2.45) is 5.92 Å². The molecule has 35 heavy (non-hydrogen) atoms. The highest BCUT2D eigenvalue weighted by Crippen LogP contribution is 2.16. The standard InChI is InChI=1S/C16H36N.C11H23NO6/c1-5-9-13-17(14-10-6-2,15-11-7-3)16-12-8-4;1-7(2)10(11(17)18)12(3-8(15)5-13)4-9(16)6-14/h5-16H2,1-4H3;7-10,13-16H,3-6H2,1-2H3,(H,17,18)/q+1;/p-1. The minimum absolute atomic E-state index is 0.121. The van der Waals surface area contributed by atoms with Crippen molar-refractivity contribution in [2.45, 2.75) is 111 Å². The fourth-order valence-corrected chi connectivity index (χ4v) is 4.45. The Labute approximate surface area is 215 Å². The van der Waals surface area contributed by atoms with Crippen molar-refractivity contribution in [1.82, 2.24) is 4.90 Å². The lowest BCUT2D eigenvalue weighted by Crippen LogP contribution is -2.55. The zero-order chi connectivity index (χ0) is 27.3. The number of hydrogen-bond acceptors (Lipinski definition) is 7. The largest absolute Gasteiger partial charge is 0.548 e. The zero-order valence-electron chi connectivity index (χ0n) is 23.6. The molecule has 0 aromatic rings. The molecule has 0 bridgehead atoms. The van der Waals surface area contributed by atoms with Crippen LogP contribution in [0.15, 0.2) is 0 Å². The second-order valence-electron chi connectivity index (χ2n) is 10.3. The number of quaternary nitrogens is 1. The number of aliphatic hydroxyl groups excluding tert-OH is 4. The third-order valence-electron chi connectivity index (χ3n) is 6.52. The van der Waals surface area contributed by atoms with Crippen molar-refractivity contribution in [3.05, 3.63) is 0 Å². The van der Waals surface area contributed by atoms with Crippen molar-refractivity contribution in [2.75, 3.05) is 52.5 Å². The van der Waals surface area contributed by atoms with Crippen LogP contribution in [0.2, 0.25) is 0 Å². The van der Waals surface area contributed by atoms with Crippen molar-refractivity contribution < 1.29 is 34.8 Å². The fourth-order valence-electron chi connectivity index (χ4n) is 4.45. The number of aliphatic carboxylic acids is 1. The Morgan fingerprint density at radius 3 is 1.26 bits per heavy atom. The molecule has 0 rings (SSSR count). The maximum atomic E-state index is 11.1. The van der Waals surface area contributed by atoms with E-state index in [4.69, 9.17) is 10.2 Å². The summed E-state index contributed by atoms with van der Waals surface area (Å²) in [6.07, 6.45) is 8.83. The fraction of sp³-hybridized carbons (Fsp3) is 0.963. The quantitative estimate of drug-likeness (QED) is 0.175. The molecule has 8 heteroatoms. The van der Waals surface area contributed by atoms with Gasteiger partial charge in [-0.1, -0.05) is 67.2 Å². The molecule has 0 radical (unpaired) electrons. The monoisotopic (exact) mass is 506 g/mol. The third kappa shape index (κ3) is 17.3. The number of rotatable bonds is 21. The van der Waals surface area contributed by atoms with Crippen molar-refractivity contribution >= 4 is 5.97 Å². The first-order valence-corrected chi connectivity index (χ1v) is 14.0. The Balaban J connectivity index is 0. The average molecular weight is 507 g/mol. The zero-order valence-corrected chi connectivity index (χ0v) is 23.6. The summed E-state index contributed by atoms with van der Waals surface area (Å²) < 4.78 is 1.42. The van der Waals surface area contributed by atoms with Crippen LogP contribution in [-0.4, -0.2) is 107 Å². The highest BCUT2D eigenvalue weighted by molar-refractivity contribution is 5.71. The first-order valence-electron chi connectivity index (χ1n) is 14.0. The molecule has 0 spiro atoms. The van der Waals surface area contributed by atoms with E-state index in [0.717, 1.165) is 0 Å². The first kappa shape index (κ1) is 36.4. The van der Waals surface area contributed by atoms with Gasteiger partial charge in [0.05, 0.1) is 63.6 Å². The normalized spacial score (nSPS) is 14.5. The molecule has 0 aliphatic rings. The van der Waals surface area contributed by atoms with Gasteiger partial charge in [0.15, 0.2) is 0 Å². The number of carboxylic acid groups (broad SMARTS) is 1. The molecule has 0 heterocycles. The maximum absolute atomic E-state index is 11.1. The Morgan fingerprint density at radius 1 is 0.743 bits per heavy atom. The average Bonchev–Trinajstić information content (AvgIpc) is 2.82. The summed E-state index contributed by atoms with van der Waals surface area (Å²) in [6, 6.07) is -1.01. The van der Waals surface area contributed by atoms with Gasteiger partial charge in [-0.15, -0.1) is 0 Å². The van der Waals surface area contributed by atoms with Gasteiger partial charge in [0.25, 0.3) is 0 Å². The summed E-state index contributed by atoms with van der Waals surface area (Å²) >= 11 is 0. The number of aliphatic hydroxyl groups is 4. The number of unbranched alkanes of at least 4 members (excludes halogenated alkanes) is 4. The maximum Gasteiger partial charge on any atom is 0.0897 e. The van der Waals surface area contributed by atoms with Crippen molar-refractivity contribution in [1.29, 1.82) is 0 Å². The van der Waals surface area contributed by atoms with E-state index in [2.05, 4.69) is 27.7 Å². The number of nitrogens with zero attached hydrogens (tertiary/aromatic N) is 2. The Hall–Kier alpha value is -0.770. The van der Waals surface area contributed by atoms with Crippen LogP contribution >= 0.6 is 0 Å². The van der Waals surface area contributed by atoms with Gasteiger partial charge in [-0.05, 0) is 31.6 Å². The van der Waals surface area contributed by atoms with E-state index in [1.807, 2.05) is 0 Å². The molecule has 212 valence electrons. The second kappa shape index (κ2) is 22.4. The lowest BCUT2D eigenvalue weighted by molar-refractivity contribution is -0.929. The van der Waals surface area contributed by atoms with Crippen LogP contribution in [0.1, 0.15) is 92.9 Å². The first-order chi connectivity index (χ1) is 16.6. The van der Waals surface area contributed by atoms with Gasteiger partial charge in [-0.3, -0.25) is 4.90 Å². The van der Waals surface area contributed by atoms with Crippen molar-refractivity contribution in [3.8, 4) is 0 Å². The molecule has 0 amide bonds. The Kier molecular flexibility index (Phi) is 23.3. The summed E-state index contributed by atoms with van der Waals surface area (Å²) in [5.74, 6) is -1.62. The van der Waals surface area contributed by atoms with Gasteiger partial charge in [-0.25, -0.2) is 0 Å². The number of carboxylic acids is 1. The minimum Gasteiger partial charge on any atom is -0.548 e. The summed E-state index contributed by atoms with van der Waals surface area (Å²) in [5.41, 5.74) is 0. The van der Waals surface area contributed by atoms with Crippen LogP contribution in [0.5, 0.6) is 0 Å².